The van der Waals surface area contributed by atoms with Crippen LogP contribution in [0.25, 0.3) is 0 Å². The molecule has 3 rings (SSSR count). The van der Waals surface area contributed by atoms with Crippen molar-refractivity contribution in [2.45, 2.75) is 26.8 Å². The molecule has 0 N–H and O–H groups in total. The van der Waals surface area contributed by atoms with Gasteiger partial charge in [0.25, 0.3) is 0 Å². The molecule has 3 heterocycles. The third kappa shape index (κ3) is 3.55. The molecule has 7 heteroatoms. The largest absolute Gasteiger partial charge is 0.342 e. The maximum atomic E-state index is 12.3. The van der Waals surface area contributed by atoms with Crippen molar-refractivity contribution < 1.29 is 9.59 Å². The molecule has 0 aromatic carbocycles. The Balaban J connectivity index is 1.80. The van der Waals surface area contributed by atoms with E-state index in [4.69, 9.17) is 0 Å². The minimum Gasteiger partial charge on any atom is -0.342 e. The minimum atomic E-state index is -0.146. The molecule has 1 spiro atoms. The standard InChI is InChI=1S/C16H24N4O2S/c1-3-19-11-16(8-15(19)22)10-18(9-14-17-4-7-23-14)5-6-20(12-16)13(2)21/h4,7H,3,5-6,8-12H2,1-2H3/t16-/m1/s1. The summed E-state index contributed by atoms with van der Waals surface area (Å²) in [7, 11) is 0. The molecule has 2 fully saturated rings. The van der Waals surface area contributed by atoms with Crippen molar-refractivity contribution in [1.82, 2.24) is 19.7 Å². The Hall–Kier alpha value is -1.47. The Morgan fingerprint density at radius 2 is 2.17 bits per heavy atom. The zero-order valence-corrected chi connectivity index (χ0v) is 14.6. The van der Waals surface area contributed by atoms with Gasteiger partial charge in [-0.25, -0.2) is 4.98 Å². The smallest absolute Gasteiger partial charge is 0.223 e. The highest BCUT2D eigenvalue weighted by Crippen LogP contribution is 2.35. The van der Waals surface area contributed by atoms with Crippen LogP contribution >= 0.6 is 11.3 Å². The van der Waals surface area contributed by atoms with Gasteiger partial charge in [0.15, 0.2) is 0 Å². The van der Waals surface area contributed by atoms with Crippen LogP contribution in [0.4, 0.5) is 0 Å². The molecule has 2 aliphatic rings. The van der Waals surface area contributed by atoms with Crippen LogP contribution in [0.1, 0.15) is 25.3 Å². The van der Waals surface area contributed by atoms with Crippen LogP contribution in [-0.2, 0) is 16.1 Å². The van der Waals surface area contributed by atoms with Crippen molar-refractivity contribution in [3.8, 4) is 0 Å². The van der Waals surface area contributed by atoms with E-state index in [1.165, 1.54) is 0 Å². The molecule has 0 unspecified atom stereocenters. The van der Waals surface area contributed by atoms with Gasteiger partial charge < -0.3 is 9.80 Å². The number of nitrogens with zero attached hydrogens (tertiary/aromatic N) is 4. The van der Waals surface area contributed by atoms with Crippen LogP contribution in [0, 0.1) is 5.41 Å². The summed E-state index contributed by atoms with van der Waals surface area (Å²) in [6.45, 7) is 9.02. The molecule has 0 radical (unpaired) electrons. The summed E-state index contributed by atoms with van der Waals surface area (Å²) >= 11 is 1.66. The SMILES string of the molecule is CCN1C[C@@]2(CC1=O)CN(Cc1nccs1)CCN(C(C)=O)C2. The lowest BCUT2D eigenvalue weighted by atomic mass is 9.86. The number of rotatable bonds is 3. The van der Waals surface area contributed by atoms with Crippen molar-refractivity contribution in [2.75, 3.05) is 39.3 Å². The van der Waals surface area contributed by atoms with E-state index < -0.39 is 0 Å². The van der Waals surface area contributed by atoms with Crippen molar-refractivity contribution in [3.63, 3.8) is 0 Å². The van der Waals surface area contributed by atoms with Gasteiger partial charge in [0.1, 0.15) is 5.01 Å². The summed E-state index contributed by atoms with van der Waals surface area (Å²) in [4.78, 5) is 34.8. The predicted octanol–water partition coefficient (Wildman–Crippen LogP) is 1.05. The molecule has 6 nitrogen and oxygen atoms in total. The summed E-state index contributed by atoms with van der Waals surface area (Å²) in [5.74, 6) is 0.315. The van der Waals surface area contributed by atoms with Gasteiger partial charge in [0.2, 0.25) is 11.8 Å². The van der Waals surface area contributed by atoms with Crippen molar-refractivity contribution >= 4 is 23.2 Å². The number of hydrogen-bond acceptors (Lipinski definition) is 5. The number of amides is 2. The first-order valence-corrected chi connectivity index (χ1v) is 9.03. The number of thiazole rings is 1. The molecular formula is C16H24N4O2S. The zero-order chi connectivity index (χ0) is 16.4. The van der Waals surface area contributed by atoms with Gasteiger partial charge in [-0.3, -0.25) is 14.5 Å². The lowest BCUT2D eigenvalue weighted by Gasteiger charge is -2.33. The fraction of sp³-hybridized carbons (Fsp3) is 0.688. The first-order chi connectivity index (χ1) is 11.0. The highest BCUT2D eigenvalue weighted by atomic mass is 32.1. The lowest BCUT2D eigenvalue weighted by Crippen LogP contribution is -2.43. The third-order valence-electron chi connectivity index (χ3n) is 4.85. The maximum Gasteiger partial charge on any atom is 0.223 e. The third-order valence-corrected chi connectivity index (χ3v) is 5.61. The van der Waals surface area contributed by atoms with Crippen molar-refractivity contribution in [1.29, 1.82) is 0 Å². The van der Waals surface area contributed by atoms with E-state index in [0.29, 0.717) is 13.0 Å². The average molecular weight is 336 g/mol. The molecular weight excluding hydrogens is 312 g/mol. The molecule has 0 saturated carbocycles. The Morgan fingerprint density at radius 3 is 2.78 bits per heavy atom. The van der Waals surface area contributed by atoms with Crippen LogP contribution in [0.15, 0.2) is 11.6 Å². The quantitative estimate of drug-likeness (QED) is 0.828. The van der Waals surface area contributed by atoms with E-state index in [-0.39, 0.29) is 17.2 Å². The van der Waals surface area contributed by atoms with Gasteiger partial charge in [-0.1, -0.05) is 0 Å². The number of carbonyl (C=O) groups excluding carboxylic acids is 2. The van der Waals surface area contributed by atoms with E-state index in [1.54, 1.807) is 18.3 Å². The summed E-state index contributed by atoms with van der Waals surface area (Å²) in [6, 6.07) is 0. The normalized spacial score (nSPS) is 26.1. The highest BCUT2D eigenvalue weighted by molar-refractivity contribution is 7.09. The van der Waals surface area contributed by atoms with Crippen LogP contribution < -0.4 is 0 Å². The van der Waals surface area contributed by atoms with Gasteiger partial charge in [-0.15, -0.1) is 11.3 Å². The fourth-order valence-electron chi connectivity index (χ4n) is 3.76. The van der Waals surface area contributed by atoms with Gasteiger partial charge >= 0.3 is 0 Å². The second-order valence-corrected chi connectivity index (χ2v) is 7.64. The molecule has 1 atom stereocenters. The van der Waals surface area contributed by atoms with E-state index >= 15 is 0 Å². The molecule has 2 aliphatic heterocycles. The van der Waals surface area contributed by atoms with Crippen molar-refractivity contribution in [3.05, 3.63) is 16.6 Å². The molecule has 1 aromatic heterocycles. The van der Waals surface area contributed by atoms with Gasteiger partial charge in [-0.2, -0.15) is 0 Å². The Bertz CT molecular complexity index is 577. The van der Waals surface area contributed by atoms with Gasteiger partial charge in [0, 0.05) is 69.6 Å². The maximum absolute atomic E-state index is 12.3. The Labute approximate surface area is 141 Å². The molecule has 126 valence electrons. The van der Waals surface area contributed by atoms with Crippen molar-refractivity contribution in [2.24, 2.45) is 5.41 Å². The van der Waals surface area contributed by atoms with Gasteiger partial charge in [-0.05, 0) is 6.92 Å². The lowest BCUT2D eigenvalue weighted by molar-refractivity contribution is -0.130. The number of hydrogen-bond donors (Lipinski definition) is 0. The van der Waals surface area contributed by atoms with Gasteiger partial charge in [0.05, 0.1) is 6.54 Å². The van der Waals surface area contributed by atoms with E-state index in [0.717, 1.165) is 44.3 Å². The van der Waals surface area contributed by atoms with Crippen LogP contribution in [0.3, 0.4) is 0 Å². The molecule has 0 aliphatic carbocycles. The predicted molar refractivity (Wildman–Crippen MR) is 88.9 cm³/mol. The van der Waals surface area contributed by atoms with E-state index in [1.807, 2.05) is 28.3 Å². The summed E-state index contributed by atoms with van der Waals surface area (Å²) in [5.41, 5.74) is -0.146. The molecule has 23 heavy (non-hydrogen) atoms. The second-order valence-electron chi connectivity index (χ2n) is 6.66. The molecule has 0 bridgehead atoms. The summed E-state index contributed by atoms with van der Waals surface area (Å²) < 4.78 is 0. The first kappa shape index (κ1) is 16.4. The molecule has 2 saturated heterocycles. The first-order valence-electron chi connectivity index (χ1n) is 8.15. The average Bonchev–Trinajstić information content (AvgIpc) is 3.06. The second kappa shape index (κ2) is 6.57. The van der Waals surface area contributed by atoms with E-state index in [9.17, 15) is 9.59 Å². The number of likely N-dealkylation sites (tertiary alicyclic amines) is 1. The zero-order valence-electron chi connectivity index (χ0n) is 13.8. The van der Waals surface area contributed by atoms with Crippen LogP contribution in [0.2, 0.25) is 0 Å². The van der Waals surface area contributed by atoms with E-state index in [2.05, 4.69) is 9.88 Å². The highest BCUT2D eigenvalue weighted by Gasteiger charge is 2.46. The Morgan fingerprint density at radius 1 is 1.35 bits per heavy atom. The summed E-state index contributed by atoms with van der Waals surface area (Å²) in [5, 5.41) is 3.08. The monoisotopic (exact) mass is 336 g/mol. The molecule has 2 amide bonds. The number of carbonyl (C=O) groups is 2. The summed E-state index contributed by atoms with van der Waals surface area (Å²) in [6.07, 6.45) is 2.37. The topological polar surface area (TPSA) is 56.8 Å². The van der Waals surface area contributed by atoms with Crippen LogP contribution in [0.5, 0.6) is 0 Å². The van der Waals surface area contributed by atoms with Crippen LogP contribution in [-0.4, -0.2) is 70.8 Å². The number of aromatic nitrogens is 1. The minimum absolute atomic E-state index is 0.0999. The fourth-order valence-corrected chi connectivity index (χ4v) is 4.41. The molecule has 1 aromatic rings. The Kier molecular flexibility index (Phi) is 4.68.